The highest BCUT2D eigenvalue weighted by molar-refractivity contribution is 7.55. The van der Waals surface area contributed by atoms with Crippen LogP contribution in [-0.2, 0) is 18.8 Å². The third-order valence-corrected chi connectivity index (χ3v) is 7.58. The first-order valence-corrected chi connectivity index (χ1v) is 10.4. The van der Waals surface area contributed by atoms with Gasteiger partial charge < -0.3 is 9.05 Å². The Hall–Kier alpha value is -2.19. The molecule has 0 saturated heterocycles. The molecule has 0 aromatic heterocycles. The van der Waals surface area contributed by atoms with Crippen molar-refractivity contribution in [3.05, 3.63) is 107 Å². The van der Waals surface area contributed by atoms with Crippen molar-refractivity contribution in [2.75, 3.05) is 14.2 Å². The Kier molecular flexibility index (Phi) is 5.67. The van der Waals surface area contributed by atoms with Gasteiger partial charge in [-0.25, -0.2) is 0 Å². The largest absolute Gasteiger partial charge is 0.349 e. The molecule has 0 atom stereocenters. The maximum Gasteiger partial charge on any atom is 0.349 e. The van der Waals surface area contributed by atoms with E-state index in [4.69, 9.17) is 9.05 Å². The lowest BCUT2D eigenvalue weighted by Gasteiger charge is -2.39. The van der Waals surface area contributed by atoms with Crippen molar-refractivity contribution in [1.29, 1.82) is 0 Å². The van der Waals surface area contributed by atoms with Crippen molar-refractivity contribution in [2.45, 2.75) is 19.0 Å². The first-order chi connectivity index (χ1) is 13.0. The van der Waals surface area contributed by atoms with E-state index in [0.717, 1.165) is 27.8 Å². The number of hydrogen-bond donors (Lipinski definition) is 0. The second-order valence-corrected chi connectivity index (χ2v) is 9.07. The van der Waals surface area contributed by atoms with E-state index < -0.39 is 12.8 Å². The van der Waals surface area contributed by atoms with Crippen LogP contribution in [0.4, 0.5) is 0 Å². The van der Waals surface area contributed by atoms with Crippen LogP contribution in [0.5, 0.6) is 0 Å². The second-order valence-electron chi connectivity index (χ2n) is 6.67. The summed E-state index contributed by atoms with van der Waals surface area (Å²) in [6.45, 7) is 4.07. The predicted molar refractivity (Wildman–Crippen MR) is 110 cm³/mol. The predicted octanol–water partition coefficient (Wildman–Crippen LogP) is 6.08. The lowest BCUT2D eigenvalue weighted by Crippen LogP contribution is -2.31. The minimum absolute atomic E-state index is 0.865. The van der Waals surface area contributed by atoms with Crippen LogP contribution in [0.15, 0.2) is 78.9 Å². The fourth-order valence-corrected chi connectivity index (χ4v) is 5.68. The molecule has 3 aromatic rings. The molecule has 4 heteroatoms. The van der Waals surface area contributed by atoms with Crippen LogP contribution in [0.3, 0.4) is 0 Å². The highest BCUT2D eigenvalue weighted by atomic mass is 31.2. The van der Waals surface area contributed by atoms with Crippen LogP contribution in [-0.4, -0.2) is 14.2 Å². The maximum atomic E-state index is 14.1. The van der Waals surface area contributed by atoms with Crippen molar-refractivity contribution >= 4 is 7.60 Å². The number of aryl methyl sites for hydroxylation is 2. The van der Waals surface area contributed by atoms with Gasteiger partial charge in [-0.15, -0.1) is 0 Å². The van der Waals surface area contributed by atoms with Crippen LogP contribution >= 0.6 is 7.60 Å². The molecule has 0 unspecified atom stereocenters. The molecule has 0 aliphatic rings. The van der Waals surface area contributed by atoms with Gasteiger partial charge in [0.15, 0.2) is 0 Å². The van der Waals surface area contributed by atoms with Crippen LogP contribution in [0.25, 0.3) is 0 Å². The van der Waals surface area contributed by atoms with Crippen molar-refractivity contribution in [2.24, 2.45) is 0 Å². The molecule has 3 aromatic carbocycles. The highest BCUT2D eigenvalue weighted by Crippen LogP contribution is 2.69. The third kappa shape index (κ3) is 3.27. The van der Waals surface area contributed by atoms with Gasteiger partial charge in [-0.05, 0) is 30.5 Å². The molecule has 0 aliphatic carbocycles. The Labute approximate surface area is 161 Å². The molecule has 0 bridgehead atoms. The van der Waals surface area contributed by atoms with Crippen LogP contribution in [0.1, 0.15) is 27.8 Å². The molecule has 0 fully saturated rings. The third-order valence-electron chi connectivity index (χ3n) is 5.02. The Morgan fingerprint density at radius 2 is 1.00 bits per heavy atom. The van der Waals surface area contributed by atoms with E-state index in [0.29, 0.717) is 0 Å². The first kappa shape index (κ1) is 19.6. The van der Waals surface area contributed by atoms with Crippen molar-refractivity contribution in [1.82, 2.24) is 0 Å². The molecule has 27 heavy (non-hydrogen) atoms. The molecule has 0 amide bonds. The second kappa shape index (κ2) is 7.82. The molecule has 0 spiro atoms. The van der Waals surface area contributed by atoms with E-state index in [1.807, 2.05) is 92.7 Å². The van der Waals surface area contributed by atoms with E-state index in [1.165, 1.54) is 14.2 Å². The fourth-order valence-electron chi connectivity index (χ4n) is 3.59. The normalized spacial score (nSPS) is 12.1. The minimum Gasteiger partial charge on any atom is -0.311 e. The summed E-state index contributed by atoms with van der Waals surface area (Å²) in [7, 11) is -0.721. The van der Waals surface area contributed by atoms with Gasteiger partial charge in [-0.3, -0.25) is 4.57 Å². The van der Waals surface area contributed by atoms with E-state index in [1.54, 1.807) is 0 Å². The highest BCUT2D eigenvalue weighted by Gasteiger charge is 2.54. The van der Waals surface area contributed by atoms with E-state index >= 15 is 0 Å². The molecular weight excluding hydrogens is 355 g/mol. The fraction of sp³-hybridized carbons (Fsp3) is 0.217. The summed E-state index contributed by atoms with van der Waals surface area (Å²) in [6, 6.07) is 25.9. The van der Waals surface area contributed by atoms with Crippen LogP contribution < -0.4 is 0 Å². The van der Waals surface area contributed by atoms with Gasteiger partial charge in [-0.1, -0.05) is 90.0 Å². The van der Waals surface area contributed by atoms with Crippen LogP contribution in [0.2, 0.25) is 0 Å². The van der Waals surface area contributed by atoms with Gasteiger partial charge in [0.2, 0.25) is 0 Å². The maximum absolute atomic E-state index is 14.1. The molecule has 0 N–H and O–H groups in total. The van der Waals surface area contributed by atoms with Crippen molar-refractivity contribution < 1.29 is 13.6 Å². The average Bonchev–Trinajstić information content (AvgIpc) is 2.71. The number of benzene rings is 3. The lowest BCUT2D eigenvalue weighted by molar-refractivity contribution is 0.259. The summed E-state index contributed by atoms with van der Waals surface area (Å²) in [5, 5.41) is -1.07. The summed E-state index contributed by atoms with van der Waals surface area (Å²) in [5.74, 6) is 0. The first-order valence-electron chi connectivity index (χ1n) is 8.89. The summed E-state index contributed by atoms with van der Waals surface area (Å²) >= 11 is 0. The molecule has 0 radical (unpaired) electrons. The van der Waals surface area contributed by atoms with Crippen molar-refractivity contribution in [3.8, 4) is 0 Å². The van der Waals surface area contributed by atoms with Gasteiger partial charge in [0.25, 0.3) is 0 Å². The van der Waals surface area contributed by atoms with E-state index in [-0.39, 0.29) is 0 Å². The van der Waals surface area contributed by atoms with Gasteiger partial charge in [0.05, 0.1) is 0 Å². The van der Waals surface area contributed by atoms with Gasteiger partial charge in [0, 0.05) is 14.2 Å². The van der Waals surface area contributed by atoms with Gasteiger partial charge in [0.1, 0.15) is 5.16 Å². The molecule has 3 rings (SSSR count). The lowest BCUT2D eigenvalue weighted by atomic mass is 9.83. The Balaban J connectivity index is 2.47. The standard InChI is InChI=1S/C23H25O3P/c1-18-10-14-21(15-11-18)23(27(24,25-3)26-4,20-8-6-5-7-9-20)22-16-12-19(2)13-17-22/h5-17H,1-4H3. The molecule has 0 heterocycles. The minimum atomic E-state index is -3.62. The SMILES string of the molecule is COP(=O)(OC)C(c1ccccc1)(c1ccc(C)cc1)c1ccc(C)cc1. The number of rotatable bonds is 6. The van der Waals surface area contributed by atoms with E-state index in [2.05, 4.69) is 0 Å². The number of hydrogen-bond acceptors (Lipinski definition) is 3. The van der Waals surface area contributed by atoms with Gasteiger partial charge >= 0.3 is 7.60 Å². The molecule has 0 aliphatic heterocycles. The monoisotopic (exact) mass is 380 g/mol. The van der Waals surface area contributed by atoms with Gasteiger partial charge in [-0.2, -0.15) is 0 Å². The summed E-state index contributed by atoms with van der Waals surface area (Å²) < 4.78 is 25.3. The zero-order chi connectivity index (χ0) is 19.5. The van der Waals surface area contributed by atoms with Crippen molar-refractivity contribution in [3.63, 3.8) is 0 Å². The summed E-state index contributed by atoms with van der Waals surface area (Å²) in [5.41, 5.74) is 4.87. The zero-order valence-electron chi connectivity index (χ0n) is 16.2. The molecule has 140 valence electrons. The summed E-state index contributed by atoms with van der Waals surface area (Å²) in [6.07, 6.45) is 0. The zero-order valence-corrected chi connectivity index (χ0v) is 17.1. The Morgan fingerprint density at radius 3 is 1.37 bits per heavy atom. The summed E-state index contributed by atoms with van der Waals surface area (Å²) in [4.78, 5) is 0. The Morgan fingerprint density at radius 1 is 0.630 bits per heavy atom. The smallest absolute Gasteiger partial charge is 0.311 e. The topological polar surface area (TPSA) is 35.5 Å². The Bertz CT molecular complexity index is 878. The quantitative estimate of drug-likeness (QED) is 0.384. The average molecular weight is 380 g/mol. The molecular formula is C23H25O3P. The van der Waals surface area contributed by atoms with E-state index in [9.17, 15) is 4.57 Å². The van der Waals surface area contributed by atoms with Crippen LogP contribution in [0, 0.1) is 13.8 Å². The molecule has 3 nitrogen and oxygen atoms in total. The molecule has 0 saturated carbocycles.